The van der Waals surface area contributed by atoms with Crippen molar-refractivity contribution in [1.82, 2.24) is 0 Å². The molecular formula is C18H22O2. The summed E-state index contributed by atoms with van der Waals surface area (Å²) in [5.41, 5.74) is 2.36. The first-order valence-electron chi connectivity index (χ1n) is 6.84. The maximum Gasteiger partial charge on any atom is 0.0840 e. The fourth-order valence-corrected chi connectivity index (χ4v) is 2.14. The van der Waals surface area contributed by atoms with E-state index in [1.54, 1.807) is 27.7 Å². The van der Waals surface area contributed by atoms with Crippen LogP contribution in [-0.4, -0.2) is 10.2 Å². The lowest BCUT2D eigenvalue weighted by molar-refractivity contribution is 0.0780. The van der Waals surface area contributed by atoms with E-state index in [0.29, 0.717) is 0 Å². The average molecular weight is 270 g/mol. The van der Waals surface area contributed by atoms with Gasteiger partial charge in [0.2, 0.25) is 0 Å². The molecule has 0 atom stereocenters. The molecule has 0 aliphatic carbocycles. The van der Waals surface area contributed by atoms with Gasteiger partial charge in [-0.05, 0) is 49.9 Å². The third kappa shape index (κ3) is 3.27. The van der Waals surface area contributed by atoms with Crippen LogP contribution in [0.15, 0.2) is 48.5 Å². The van der Waals surface area contributed by atoms with E-state index in [1.807, 2.05) is 48.5 Å². The highest BCUT2D eigenvalue weighted by Crippen LogP contribution is 2.27. The average Bonchev–Trinajstić information content (AvgIpc) is 2.37. The monoisotopic (exact) mass is 270 g/mol. The van der Waals surface area contributed by atoms with E-state index in [2.05, 4.69) is 0 Å². The zero-order valence-electron chi connectivity index (χ0n) is 12.5. The van der Waals surface area contributed by atoms with Crippen molar-refractivity contribution < 1.29 is 10.2 Å². The minimum absolute atomic E-state index is 0.816. The molecular weight excluding hydrogens is 248 g/mol. The van der Waals surface area contributed by atoms with Crippen molar-refractivity contribution in [3.63, 3.8) is 0 Å². The third-order valence-electron chi connectivity index (χ3n) is 3.52. The molecule has 2 rings (SSSR count). The maximum atomic E-state index is 9.95. The van der Waals surface area contributed by atoms with Crippen LogP contribution < -0.4 is 0 Å². The summed E-state index contributed by atoms with van der Waals surface area (Å²) in [6.45, 7) is 7.11. The van der Waals surface area contributed by atoms with Gasteiger partial charge < -0.3 is 10.2 Å². The van der Waals surface area contributed by atoms with Crippen molar-refractivity contribution in [2.24, 2.45) is 0 Å². The van der Waals surface area contributed by atoms with Gasteiger partial charge in [-0.25, -0.2) is 0 Å². The fourth-order valence-electron chi connectivity index (χ4n) is 2.14. The number of hydrogen-bond donors (Lipinski definition) is 2. The Balaban J connectivity index is 2.29. The van der Waals surface area contributed by atoms with Crippen LogP contribution in [0.5, 0.6) is 0 Å². The molecule has 2 aromatic carbocycles. The Bertz CT molecular complexity index is 511. The zero-order valence-corrected chi connectivity index (χ0v) is 12.5. The van der Waals surface area contributed by atoms with Gasteiger partial charge in [0.15, 0.2) is 0 Å². The molecule has 0 aromatic heterocycles. The summed E-state index contributed by atoms with van der Waals surface area (Å²) in [4.78, 5) is 0. The molecule has 0 heterocycles. The van der Waals surface area contributed by atoms with Gasteiger partial charge >= 0.3 is 0 Å². The van der Waals surface area contributed by atoms with E-state index >= 15 is 0 Å². The van der Waals surface area contributed by atoms with E-state index in [1.165, 1.54) is 0 Å². The Morgan fingerprint density at radius 3 is 1.00 bits per heavy atom. The van der Waals surface area contributed by atoms with Gasteiger partial charge in [-0.2, -0.15) is 0 Å². The van der Waals surface area contributed by atoms with Crippen LogP contribution in [0.4, 0.5) is 0 Å². The molecule has 2 heteroatoms. The van der Waals surface area contributed by atoms with Gasteiger partial charge in [-0.15, -0.1) is 0 Å². The maximum absolute atomic E-state index is 9.95. The van der Waals surface area contributed by atoms with Gasteiger partial charge in [-0.3, -0.25) is 0 Å². The highest BCUT2D eigenvalue weighted by Gasteiger charge is 2.16. The SMILES string of the molecule is CC(C)(O)c1ccc(-c2ccc(C(C)(C)O)cc2)cc1. The Hall–Kier alpha value is -1.64. The molecule has 0 spiro atoms. The molecule has 0 aliphatic heterocycles. The van der Waals surface area contributed by atoms with E-state index in [-0.39, 0.29) is 0 Å². The standard InChI is InChI=1S/C18H22O2/c1-17(2,19)15-9-5-13(6-10-15)14-7-11-16(12-8-14)18(3,4)20/h5-12,19-20H,1-4H3. The van der Waals surface area contributed by atoms with Crippen LogP contribution in [0.3, 0.4) is 0 Å². The van der Waals surface area contributed by atoms with Crippen LogP contribution in [0.1, 0.15) is 38.8 Å². The Kier molecular flexibility index (Phi) is 3.72. The first kappa shape index (κ1) is 14.8. The molecule has 0 fully saturated rings. The van der Waals surface area contributed by atoms with Crippen LogP contribution in [0.2, 0.25) is 0 Å². The van der Waals surface area contributed by atoms with E-state index in [9.17, 15) is 10.2 Å². The van der Waals surface area contributed by atoms with Gasteiger partial charge in [0, 0.05) is 0 Å². The van der Waals surface area contributed by atoms with Crippen molar-refractivity contribution in [2.45, 2.75) is 38.9 Å². The summed E-state index contributed by atoms with van der Waals surface area (Å²) < 4.78 is 0. The molecule has 2 N–H and O–H groups in total. The summed E-state index contributed by atoms with van der Waals surface area (Å²) in [7, 11) is 0. The zero-order chi connectivity index (χ0) is 15.0. The molecule has 0 saturated heterocycles. The minimum atomic E-state index is -0.816. The summed E-state index contributed by atoms with van der Waals surface area (Å²) in [6, 6.07) is 15.8. The molecule has 0 unspecified atom stereocenters. The molecule has 20 heavy (non-hydrogen) atoms. The summed E-state index contributed by atoms with van der Waals surface area (Å²) >= 11 is 0. The first-order chi connectivity index (χ1) is 9.18. The largest absolute Gasteiger partial charge is 0.386 e. The molecule has 0 radical (unpaired) electrons. The highest BCUT2D eigenvalue weighted by molar-refractivity contribution is 5.64. The second-order valence-corrected chi connectivity index (χ2v) is 6.27. The quantitative estimate of drug-likeness (QED) is 0.890. The predicted octanol–water partition coefficient (Wildman–Crippen LogP) is 3.81. The molecule has 106 valence electrons. The van der Waals surface area contributed by atoms with Crippen LogP contribution in [-0.2, 0) is 11.2 Å². The molecule has 0 amide bonds. The first-order valence-corrected chi connectivity index (χ1v) is 6.84. The van der Waals surface area contributed by atoms with Crippen LogP contribution in [0.25, 0.3) is 11.1 Å². The van der Waals surface area contributed by atoms with Crippen LogP contribution in [0, 0.1) is 0 Å². The third-order valence-corrected chi connectivity index (χ3v) is 3.52. The molecule has 2 nitrogen and oxygen atoms in total. The highest BCUT2D eigenvalue weighted by atomic mass is 16.3. The molecule has 0 saturated carbocycles. The van der Waals surface area contributed by atoms with E-state index in [0.717, 1.165) is 22.3 Å². The molecule has 2 aromatic rings. The van der Waals surface area contributed by atoms with Crippen molar-refractivity contribution in [3.8, 4) is 11.1 Å². The van der Waals surface area contributed by atoms with Gasteiger partial charge in [0.05, 0.1) is 11.2 Å². The second kappa shape index (κ2) is 5.04. The molecule has 0 aliphatic rings. The second-order valence-electron chi connectivity index (χ2n) is 6.27. The minimum Gasteiger partial charge on any atom is -0.386 e. The van der Waals surface area contributed by atoms with Gasteiger partial charge in [0.25, 0.3) is 0 Å². The Morgan fingerprint density at radius 1 is 0.550 bits per heavy atom. The van der Waals surface area contributed by atoms with Gasteiger partial charge in [-0.1, -0.05) is 48.5 Å². The smallest absolute Gasteiger partial charge is 0.0840 e. The Morgan fingerprint density at radius 2 is 0.800 bits per heavy atom. The van der Waals surface area contributed by atoms with E-state index < -0.39 is 11.2 Å². The number of hydrogen-bond acceptors (Lipinski definition) is 2. The summed E-state index contributed by atoms with van der Waals surface area (Å²) in [5, 5.41) is 19.9. The Labute approximate surface area is 120 Å². The van der Waals surface area contributed by atoms with Crippen molar-refractivity contribution in [3.05, 3.63) is 59.7 Å². The van der Waals surface area contributed by atoms with Crippen molar-refractivity contribution in [2.75, 3.05) is 0 Å². The lowest BCUT2D eigenvalue weighted by atomic mass is 9.93. The number of rotatable bonds is 3. The lowest BCUT2D eigenvalue weighted by Gasteiger charge is -2.19. The number of aliphatic hydroxyl groups is 2. The number of benzene rings is 2. The lowest BCUT2D eigenvalue weighted by Crippen LogP contribution is -2.15. The van der Waals surface area contributed by atoms with E-state index in [4.69, 9.17) is 0 Å². The topological polar surface area (TPSA) is 40.5 Å². The van der Waals surface area contributed by atoms with Gasteiger partial charge in [0.1, 0.15) is 0 Å². The fraction of sp³-hybridized carbons (Fsp3) is 0.333. The predicted molar refractivity (Wildman–Crippen MR) is 82.4 cm³/mol. The summed E-state index contributed by atoms with van der Waals surface area (Å²) in [5.74, 6) is 0. The normalized spacial score (nSPS) is 12.5. The van der Waals surface area contributed by atoms with Crippen molar-refractivity contribution >= 4 is 0 Å². The van der Waals surface area contributed by atoms with Crippen LogP contribution >= 0.6 is 0 Å². The van der Waals surface area contributed by atoms with Crippen molar-refractivity contribution in [1.29, 1.82) is 0 Å². The molecule has 0 bridgehead atoms. The summed E-state index contributed by atoms with van der Waals surface area (Å²) in [6.07, 6.45) is 0.